The van der Waals surface area contributed by atoms with Gasteiger partial charge in [0.1, 0.15) is 11.9 Å². The molecule has 0 aliphatic heterocycles. The summed E-state index contributed by atoms with van der Waals surface area (Å²) in [5, 5.41) is 0. The van der Waals surface area contributed by atoms with E-state index in [-0.39, 0.29) is 23.7 Å². The van der Waals surface area contributed by atoms with Crippen molar-refractivity contribution >= 4 is 0 Å². The molecule has 1 aliphatic carbocycles. The van der Waals surface area contributed by atoms with Crippen molar-refractivity contribution in [1.82, 2.24) is 0 Å². The minimum absolute atomic E-state index is 0.162. The van der Waals surface area contributed by atoms with Crippen LogP contribution in [0.5, 0.6) is 11.5 Å². The Morgan fingerprint density at radius 3 is 2.73 bits per heavy atom. The average Bonchev–Trinajstić information content (AvgIpc) is 2.18. The van der Waals surface area contributed by atoms with Crippen LogP contribution in [0.4, 0.5) is 4.39 Å². The first-order valence-electron chi connectivity index (χ1n) is 4.95. The van der Waals surface area contributed by atoms with E-state index in [1.807, 2.05) is 0 Å². The van der Waals surface area contributed by atoms with Crippen LogP contribution < -0.4 is 15.2 Å². The summed E-state index contributed by atoms with van der Waals surface area (Å²) in [5.41, 5.74) is 5.64. The lowest BCUT2D eigenvalue weighted by Crippen LogP contribution is -2.43. The van der Waals surface area contributed by atoms with E-state index in [1.165, 1.54) is 13.2 Å². The molecule has 15 heavy (non-hydrogen) atoms. The van der Waals surface area contributed by atoms with Gasteiger partial charge >= 0.3 is 0 Å². The molecule has 0 heterocycles. The van der Waals surface area contributed by atoms with Gasteiger partial charge in [0.25, 0.3) is 0 Å². The number of rotatable bonds is 3. The Kier molecular flexibility index (Phi) is 2.77. The van der Waals surface area contributed by atoms with Crippen LogP contribution in [0.15, 0.2) is 18.2 Å². The van der Waals surface area contributed by atoms with E-state index in [2.05, 4.69) is 0 Å². The van der Waals surface area contributed by atoms with E-state index in [1.54, 1.807) is 12.1 Å². The topological polar surface area (TPSA) is 44.5 Å². The van der Waals surface area contributed by atoms with E-state index in [0.717, 1.165) is 12.8 Å². The van der Waals surface area contributed by atoms with Gasteiger partial charge in [0.05, 0.1) is 7.11 Å². The molecule has 0 bridgehead atoms. The van der Waals surface area contributed by atoms with Gasteiger partial charge in [-0.3, -0.25) is 0 Å². The van der Waals surface area contributed by atoms with E-state index in [9.17, 15) is 4.39 Å². The number of halogens is 1. The number of hydrogen-bond acceptors (Lipinski definition) is 3. The minimum Gasteiger partial charge on any atom is -0.494 e. The first-order valence-corrected chi connectivity index (χ1v) is 4.95. The maximum absolute atomic E-state index is 13.1. The highest BCUT2D eigenvalue weighted by atomic mass is 19.1. The molecule has 0 spiro atoms. The molecule has 1 fully saturated rings. The second-order valence-electron chi connectivity index (χ2n) is 3.77. The summed E-state index contributed by atoms with van der Waals surface area (Å²) < 4.78 is 23.5. The predicted molar refractivity (Wildman–Crippen MR) is 54.6 cm³/mol. The zero-order chi connectivity index (χ0) is 10.8. The fraction of sp³-hybridized carbons (Fsp3) is 0.455. The highest BCUT2D eigenvalue weighted by Crippen LogP contribution is 2.28. The van der Waals surface area contributed by atoms with E-state index in [0.29, 0.717) is 5.75 Å². The Morgan fingerprint density at radius 2 is 2.13 bits per heavy atom. The first-order chi connectivity index (χ1) is 7.19. The standard InChI is InChI=1S/C11H14FNO2/c1-14-11-6-8(2-3-10(11)12)15-9-4-7(13)5-9/h2-3,6-7,9H,4-5,13H2,1H3. The molecule has 0 unspecified atom stereocenters. The van der Waals surface area contributed by atoms with Crippen molar-refractivity contribution in [2.45, 2.75) is 25.0 Å². The zero-order valence-electron chi connectivity index (χ0n) is 8.57. The minimum atomic E-state index is -0.379. The van der Waals surface area contributed by atoms with Crippen LogP contribution in [0, 0.1) is 5.82 Å². The predicted octanol–water partition coefficient (Wildman–Crippen LogP) is 1.70. The molecule has 0 atom stereocenters. The Bertz CT molecular complexity index is 350. The molecular formula is C11H14FNO2. The highest BCUT2D eigenvalue weighted by Gasteiger charge is 2.27. The Morgan fingerprint density at radius 1 is 1.40 bits per heavy atom. The average molecular weight is 211 g/mol. The number of hydrogen-bond donors (Lipinski definition) is 1. The number of nitrogens with two attached hydrogens (primary N) is 1. The van der Waals surface area contributed by atoms with Crippen molar-refractivity contribution in [3.05, 3.63) is 24.0 Å². The van der Waals surface area contributed by atoms with Crippen molar-refractivity contribution in [3.63, 3.8) is 0 Å². The van der Waals surface area contributed by atoms with Crippen LogP contribution in [-0.4, -0.2) is 19.3 Å². The van der Waals surface area contributed by atoms with Crippen molar-refractivity contribution in [2.24, 2.45) is 5.73 Å². The molecule has 1 aromatic rings. The van der Waals surface area contributed by atoms with E-state index < -0.39 is 0 Å². The Hall–Kier alpha value is -1.29. The third-order valence-electron chi connectivity index (χ3n) is 2.56. The van der Waals surface area contributed by atoms with Crippen LogP contribution in [-0.2, 0) is 0 Å². The Labute approximate surface area is 88.0 Å². The lowest BCUT2D eigenvalue weighted by molar-refractivity contribution is 0.100. The van der Waals surface area contributed by atoms with Gasteiger partial charge in [0.2, 0.25) is 0 Å². The van der Waals surface area contributed by atoms with Gasteiger partial charge in [-0.15, -0.1) is 0 Å². The third kappa shape index (κ3) is 2.21. The first kappa shape index (κ1) is 10.2. The van der Waals surface area contributed by atoms with Crippen molar-refractivity contribution in [3.8, 4) is 11.5 Å². The molecule has 2 rings (SSSR count). The van der Waals surface area contributed by atoms with Gasteiger partial charge in [-0.25, -0.2) is 4.39 Å². The number of methoxy groups -OCH3 is 1. The van der Waals surface area contributed by atoms with Crippen LogP contribution in [0.3, 0.4) is 0 Å². The summed E-state index contributed by atoms with van der Waals surface area (Å²) in [7, 11) is 1.43. The maximum atomic E-state index is 13.1. The molecule has 1 aliphatic rings. The second kappa shape index (κ2) is 4.06. The van der Waals surface area contributed by atoms with E-state index >= 15 is 0 Å². The highest BCUT2D eigenvalue weighted by molar-refractivity contribution is 5.34. The molecule has 1 saturated carbocycles. The molecule has 2 N–H and O–H groups in total. The summed E-state index contributed by atoms with van der Waals surface area (Å²) in [6, 6.07) is 4.74. The number of ether oxygens (including phenoxy) is 2. The van der Waals surface area contributed by atoms with Crippen LogP contribution in [0.25, 0.3) is 0 Å². The maximum Gasteiger partial charge on any atom is 0.165 e. The molecule has 3 nitrogen and oxygen atoms in total. The monoisotopic (exact) mass is 211 g/mol. The number of benzene rings is 1. The quantitative estimate of drug-likeness (QED) is 0.827. The summed E-state index contributed by atoms with van der Waals surface area (Å²) >= 11 is 0. The third-order valence-corrected chi connectivity index (χ3v) is 2.56. The summed E-state index contributed by atoms with van der Waals surface area (Å²) in [6.45, 7) is 0. The normalized spacial score (nSPS) is 24.5. The lowest BCUT2D eigenvalue weighted by Gasteiger charge is -2.32. The summed E-state index contributed by atoms with van der Waals surface area (Å²) in [4.78, 5) is 0. The molecular weight excluding hydrogens is 197 g/mol. The van der Waals surface area contributed by atoms with Crippen LogP contribution >= 0.6 is 0 Å². The van der Waals surface area contributed by atoms with Crippen LogP contribution in [0.1, 0.15) is 12.8 Å². The smallest absolute Gasteiger partial charge is 0.165 e. The Balaban J connectivity index is 2.02. The van der Waals surface area contributed by atoms with Gasteiger partial charge in [0, 0.05) is 12.1 Å². The molecule has 4 heteroatoms. The fourth-order valence-electron chi connectivity index (χ4n) is 1.61. The van der Waals surface area contributed by atoms with Crippen molar-refractivity contribution < 1.29 is 13.9 Å². The SMILES string of the molecule is COc1cc(OC2CC(N)C2)ccc1F. The van der Waals surface area contributed by atoms with Gasteiger partial charge in [0.15, 0.2) is 11.6 Å². The summed E-state index contributed by atoms with van der Waals surface area (Å²) in [6.07, 6.45) is 1.88. The molecule has 0 aromatic heterocycles. The molecule has 0 saturated heterocycles. The van der Waals surface area contributed by atoms with Crippen LogP contribution in [0.2, 0.25) is 0 Å². The van der Waals surface area contributed by atoms with E-state index in [4.69, 9.17) is 15.2 Å². The fourth-order valence-corrected chi connectivity index (χ4v) is 1.61. The van der Waals surface area contributed by atoms with Gasteiger partial charge < -0.3 is 15.2 Å². The lowest BCUT2D eigenvalue weighted by atomic mass is 9.90. The van der Waals surface area contributed by atoms with Crippen molar-refractivity contribution in [1.29, 1.82) is 0 Å². The molecule has 1 aromatic carbocycles. The molecule has 0 amide bonds. The van der Waals surface area contributed by atoms with Gasteiger partial charge in [-0.05, 0) is 25.0 Å². The largest absolute Gasteiger partial charge is 0.494 e. The van der Waals surface area contributed by atoms with Gasteiger partial charge in [-0.1, -0.05) is 0 Å². The molecule has 0 radical (unpaired) electrons. The second-order valence-corrected chi connectivity index (χ2v) is 3.77. The van der Waals surface area contributed by atoms with Gasteiger partial charge in [-0.2, -0.15) is 0 Å². The zero-order valence-corrected chi connectivity index (χ0v) is 8.57. The van der Waals surface area contributed by atoms with Crippen molar-refractivity contribution in [2.75, 3.05) is 7.11 Å². The summed E-state index contributed by atoms with van der Waals surface area (Å²) in [5.74, 6) is 0.455. The molecule has 82 valence electrons.